The summed E-state index contributed by atoms with van der Waals surface area (Å²) in [5, 5.41) is 25.3. The van der Waals surface area contributed by atoms with Crippen LogP contribution in [0.15, 0.2) is 114 Å². The Labute approximate surface area is 273 Å². The summed E-state index contributed by atoms with van der Waals surface area (Å²) in [5.74, 6) is -1.31. The molecule has 3 aromatic rings. The average Bonchev–Trinajstić information content (AvgIpc) is 3.47. The van der Waals surface area contributed by atoms with Crippen LogP contribution in [-0.2, 0) is 19.9 Å². The first-order valence-corrected chi connectivity index (χ1v) is 16.8. The molecular formula is C41H46O5. The first kappa shape index (κ1) is 31.3. The number of rotatable bonds is 8. The lowest BCUT2D eigenvalue weighted by Crippen LogP contribution is -2.57. The number of benzene rings is 3. The summed E-state index contributed by atoms with van der Waals surface area (Å²) in [7, 11) is 0. The van der Waals surface area contributed by atoms with Crippen molar-refractivity contribution in [2.24, 2.45) is 29.1 Å². The topological polar surface area (TPSA) is 76.0 Å². The molecule has 5 nitrogen and oxygen atoms in total. The predicted octanol–water partition coefficient (Wildman–Crippen LogP) is 7.02. The molecule has 2 saturated carbocycles. The number of ether oxygens (including phenoxy) is 2. The normalized spacial score (nSPS) is 34.5. The van der Waals surface area contributed by atoms with E-state index < -0.39 is 22.7 Å². The van der Waals surface area contributed by atoms with Crippen LogP contribution in [0.25, 0.3) is 0 Å². The van der Waals surface area contributed by atoms with Crippen molar-refractivity contribution in [1.82, 2.24) is 0 Å². The quantitative estimate of drug-likeness (QED) is 0.210. The van der Waals surface area contributed by atoms with Crippen molar-refractivity contribution in [2.75, 3.05) is 13.2 Å². The number of fused-ring (bicyclic) bond motifs is 5. The number of carbonyl (C=O) groups is 1. The molecule has 0 radical (unpaired) electrons. The highest BCUT2D eigenvalue weighted by Gasteiger charge is 2.81. The second kappa shape index (κ2) is 10.8. The summed E-state index contributed by atoms with van der Waals surface area (Å²) in [6.45, 7) is 11.1. The van der Waals surface area contributed by atoms with Crippen LogP contribution in [-0.4, -0.2) is 46.0 Å². The first-order valence-electron chi connectivity index (χ1n) is 16.8. The van der Waals surface area contributed by atoms with E-state index in [1.165, 1.54) is 0 Å². The minimum absolute atomic E-state index is 0.0209. The molecule has 0 spiro atoms. The van der Waals surface area contributed by atoms with E-state index in [0.29, 0.717) is 18.6 Å². The molecule has 7 rings (SSSR count). The van der Waals surface area contributed by atoms with Gasteiger partial charge in [0.1, 0.15) is 5.60 Å². The molecule has 0 aromatic heterocycles. The van der Waals surface area contributed by atoms with Gasteiger partial charge in [-0.2, -0.15) is 0 Å². The SMILES string of the molecule is CCO[C@@]12C[C@@H](C)[C@]3(O)C4=CC(C)C(=O)[C@@]4(O)CC(COC(c4ccccc4)(c4ccccc4)c4ccccc4)=C[C@H]3[C@@H]1C2(C)C. The highest BCUT2D eigenvalue weighted by Crippen LogP contribution is 2.76. The molecule has 0 aliphatic heterocycles. The number of carbonyl (C=O) groups excluding carboxylic acids is 1. The largest absolute Gasteiger partial charge is 0.384 e. The van der Waals surface area contributed by atoms with Gasteiger partial charge in [0.15, 0.2) is 11.4 Å². The maximum Gasteiger partial charge on any atom is 0.175 e. The fourth-order valence-corrected chi connectivity index (χ4v) is 9.77. The van der Waals surface area contributed by atoms with Crippen LogP contribution in [0.5, 0.6) is 0 Å². The van der Waals surface area contributed by atoms with Crippen molar-refractivity contribution in [3.05, 3.63) is 131 Å². The maximum absolute atomic E-state index is 13.8. The van der Waals surface area contributed by atoms with Gasteiger partial charge < -0.3 is 19.7 Å². The number of hydrogen-bond acceptors (Lipinski definition) is 5. The molecule has 240 valence electrons. The molecule has 2 fully saturated rings. The van der Waals surface area contributed by atoms with Crippen LogP contribution in [0, 0.1) is 29.1 Å². The highest BCUT2D eigenvalue weighted by molar-refractivity contribution is 5.98. The van der Waals surface area contributed by atoms with Crippen molar-refractivity contribution in [2.45, 2.75) is 69.9 Å². The second-order valence-corrected chi connectivity index (χ2v) is 14.6. The third-order valence-electron chi connectivity index (χ3n) is 11.9. The zero-order valence-electron chi connectivity index (χ0n) is 27.6. The van der Waals surface area contributed by atoms with Crippen LogP contribution in [0.1, 0.15) is 64.2 Å². The Morgan fingerprint density at radius 1 is 0.826 bits per heavy atom. The lowest BCUT2D eigenvalue weighted by atomic mass is 9.62. The number of aliphatic hydroxyl groups is 2. The fourth-order valence-electron chi connectivity index (χ4n) is 9.77. The molecule has 5 heteroatoms. The van der Waals surface area contributed by atoms with Gasteiger partial charge in [0.05, 0.1) is 17.8 Å². The number of ketones is 1. The Morgan fingerprint density at radius 2 is 1.35 bits per heavy atom. The first-order chi connectivity index (χ1) is 22.0. The molecule has 0 saturated heterocycles. The van der Waals surface area contributed by atoms with Crippen LogP contribution in [0.3, 0.4) is 0 Å². The van der Waals surface area contributed by atoms with Crippen molar-refractivity contribution >= 4 is 5.78 Å². The molecule has 2 N–H and O–H groups in total. The molecule has 4 aliphatic carbocycles. The summed E-state index contributed by atoms with van der Waals surface area (Å²) in [6.07, 6.45) is 4.73. The zero-order chi connectivity index (χ0) is 32.5. The molecule has 0 heterocycles. The van der Waals surface area contributed by atoms with Gasteiger partial charge >= 0.3 is 0 Å². The molecule has 7 atom stereocenters. The van der Waals surface area contributed by atoms with Crippen molar-refractivity contribution in [3.8, 4) is 0 Å². The Hall–Kier alpha value is -3.35. The van der Waals surface area contributed by atoms with E-state index in [1.807, 2.05) is 81.4 Å². The Kier molecular flexibility index (Phi) is 7.37. The average molecular weight is 619 g/mol. The smallest absolute Gasteiger partial charge is 0.175 e. The van der Waals surface area contributed by atoms with Crippen LogP contribution < -0.4 is 0 Å². The molecule has 1 unspecified atom stereocenters. The fraction of sp³-hybridized carbons (Fsp3) is 0.439. The van der Waals surface area contributed by atoms with Gasteiger partial charge in [-0.1, -0.05) is 131 Å². The third-order valence-corrected chi connectivity index (χ3v) is 11.9. The summed E-state index contributed by atoms with van der Waals surface area (Å²) in [6, 6.07) is 30.7. The van der Waals surface area contributed by atoms with Gasteiger partial charge in [0.2, 0.25) is 0 Å². The number of Topliss-reactive ketones (excluding diaryl/α,β-unsaturated/α-hetero) is 1. The van der Waals surface area contributed by atoms with Gasteiger partial charge in [0, 0.05) is 36.2 Å². The Balaban J connectivity index is 1.38. The van der Waals surface area contributed by atoms with Crippen LogP contribution >= 0.6 is 0 Å². The Morgan fingerprint density at radius 3 is 1.85 bits per heavy atom. The van der Waals surface area contributed by atoms with E-state index in [4.69, 9.17) is 9.47 Å². The van der Waals surface area contributed by atoms with Gasteiger partial charge in [0.25, 0.3) is 0 Å². The van der Waals surface area contributed by atoms with Crippen LogP contribution in [0.4, 0.5) is 0 Å². The molecule has 3 aromatic carbocycles. The minimum atomic E-state index is -1.80. The maximum atomic E-state index is 13.8. The molecule has 46 heavy (non-hydrogen) atoms. The monoisotopic (exact) mass is 618 g/mol. The summed E-state index contributed by atoms with van der Waals surface area (Å²) >= 11 is 0. The van der Waals surface area contributed by atoms with Crippen molar-refractivity contribution in [1.29, 1.82) is 0 Å². The van der Waals surface area contributed by atoms with Crippen molar-refractivity contribution < 1.29 is 24.5 Å². The van der Waals surface area contributed by atoms with E-state index in [1.54, 1.807) is 0 Å². The van der Waals surface area contributed by atoms with Crippen molar-refractivity contribution in [3.63, 3.8) is 0 Å². The zero-order valence-corrected chi connectivity index (χ0v) is 27.6. The molecular weight excluding hydrogens is 572 g/mol. The van der Waals surface area contributed by atoms with E-state index in [0.717, 1.165) is 22.3 Å². The molecule has 4 aliphatic rings. The van der Waals surface area contributed by atoms with Gasteiger partial charge in [-0.3, -0.25) is 4.79 Å². The summed E-state index contributed by atoms with van der Waals surface area (Å²) < 4.78 is 13.8. The second-order valence-electron chi connectivity index (χ2n) is 14.6. The molecule has 0 amide bonds. The van der Waals surface area contributed by atoms with E-state index in [9.17, 15) is 15.0 Å². The van der Waals surface area contributed by atoms with Gasteiger partial charge in [-0.25, -0.2) is 0 Å². The third kappa shape index (κ3) is 4.18. The number of allylic oxidation sites excluding steroid dienone is 1. The minimum Gasteiger partial charge on any atom is -0.384 e. The highest BCUT2D eigenvalue weighted by atomic mass is 16.5. The van der Waals surface area contributed by atoms with E-state index >= 15 is 0 Å². The molecule has 0 bridgehead atoms. The van der Waals surface area contributed by atoms with Gasteiger partial charge in [-0.05, 0) is 47.1 Å². The standard InChI is InChI=1S/C41H46O5/c1-6-45-39-24-28(3)40(44)33(35(39)37(39,4)5)23-29(25-38(43)34(40)22-27(2)36(38)42)26-46-41(30-16-10-7-11-17-30,31-18-12-8-13-19-31)32-20-14-9-15-21-32/h7-23,27-28,33,35,43-44H,6,24-26H2,1-5H3/t27?,28-,33+,35-,38-,39+,40-/m1/s1. The number of hydrogen-bond donors (Lipinski definition) is 2. The van der Waals surface area contributed by atoms with Crippen LogP contribution in [0.2, 0.25) is 0 Å². The van der Waals surface area contributed by atoms with E-state index in [-0.39, 0.29) is 47.6 Å². The summed E-state index contributed by atoms with van der Waals surface area (Å²) in [4.78, 5) is 13.8. The lowest BCUT2D eigenvalue weighted by Gasteiger charge is -2.48. The van der Waals surface area contributed by atoms with Gasteiger partial charge in [-0.15, -0.1) is 0 Å². The lowest BCUT2D eigenvalue weighted by molar-refractivity contribution is -0.141. The summed E-state index contributed by atoms with van der Waals surface area (Å²) in [5.41, 5.74) is -0.491. The van der Waals surface area contributed by atoms with E-state index in [2.05, 4.69) is 56.3 Å². The Bertz CT molecular complexity index is 1580. The predicted molar refractivity (Wildman–Crippen MR) is 179 cm³/mol.